The second kappa shape index (κ2) is 6.36. The lowest BCUT2D eigenvalue weighted by Gasteiger charge is -2.14. The average molecular weight is 316 g/mol. The van der Waals surface area contributed by atoms with Gasteiger partial charge in [0, 0.05) is 30.5 Å². The molecular formula is C17H18ClN3O. The van der Waals surface area contributed by atoms with E-state index in [1.54, 1.807) is 6.20 Å². The van der Waals surface area contributed by atoms with E-state index < -0.39 is 0 Å². The van der Waals surface area contributed by atoms with Crippen LogP contribution in [0.5, 0.6) is 0 Å². The van der Waals surface area contributed by atoms with Crippen LogP contribution in [0.15, 0.2) is 36.5 Å². The fraction of sp³-hybridized carbons (Fsp3) is 0.294. The Labute approximate surface area is 135 Å². The number of carbonyl (C=O) groups is 1. The Morgan fingerprint density at radius 1 is 1.36 bits per heavy atom. The second-order valence-electron chi connectivity index (χ2n) is 5.42. The van der Waals surface area contributed by atoms with E-state index in [1.165, 1.54) is 0 Å². The number of nitrogens with zero attached hydrogens (tertiary/aromatic N) is 2. The van der Waals surface area contributed by atoms with Crippen molar-refractivity contribution in [2.45, 2.75) is 26.3 Å². The monoisotopic (exact) mass is 315 g/mol. The predicted molar refractivity (Wildman–Crippen MR) is 88.6 cm³/mol. The van der Waals surface area contributed by atoms with Crippen LogP contribution in [0.2, 0.25) is 5.15 Å². The number of nitrogens with one attached hydrogen (secondary N) is 1. The van der Waals surface area contributed by atoms with Crippen LogP contribution in [-0.4, -0.2) is 22.3 Å². The van der Waals surface area contributed by atoms with Gasteiger partial charge in [-0.3, -0.25) is 4.79 Å². The molecule has 1 aliphatic heterocycles. The number of rotatable bonds is 5. The van der Waals surface area contributed by atoms with Crippen molar-refractivity contribution in [1.29, 1.82) is 0 Å². The number of pyridine rings is 1. The van der Waals surface area contributed by atoms with Crippen molar-refractivity contribution < 1.29 is 4.79 Å². The molecule has 0 bridgehead atoms. The number of fused-ring (bicyclic) bond motifs is 1. The first-order chi connectivity index (χ1) is 10.7. The minimum Gasteiger partial charge on any atom is -0.353 e. The molecule has 4 nitrogen and oxygen atoms in total. The van der Waals surface area contributed by atoms with Crippen LogP contribution in [0.25, 0.3) is 0 Å². The number of amides is 1. The molecule has 0 saturated heterocycles. The van der Waals surface area contributed by atoms with Crippen molar-refractivity contribution >= 4 is 28.9 Å². The van der Waals surface area contributed by atoms with Gasteiger partial charge < -0.3 is 10.2 Å². The molecule has 0 aliphatic carbocycles. The molecule has 1 N–H and O–H groups in total. The summed E-state index contributed by atoms with van der Waals surface area (Å²) in [5.74, 6) is 0.134. The van der Waals surface area contributed by atoms with E-state index >= 15 is 0 Å². The number of unbranched alkanes of at least 4 members (excludes halogenated alkanes) is 1. The van der Waals surface area contributed by atoms with Crippen molar-refractivity contribution in [3.63, 3.8) is 0 Å². The summed E-state index contributed by atoms with van der Waals surface area (Å²) >= 11 is 6.06. The summed E-state index contributed by atoms with van der Waals surface area (Å²) in [6, 6.07) is 9.51. The van der Waals surface area contributed by atoms with Crippen molar-refractivity contribution in [3.8, 4) is 0 Å². The van der Waals surface area contributed by atoms with Crippen molar-refractivity contribution in [2.75, 3.05) is 11.9 Å². The highest BCUT2D eigenvalue weighted by Crippen LogP contribution is 2.29. The molecule has 114 valence electrons. The Bertz CT molecular complexity index is 702. The van der Waals surface area contributed by atoms with Crippen molar-refractivity contribution in [3.05, 3.63) is 52.8 Å². The van der Waals surface area contributed by atoms with E-state index in [2.05, 4.69) is 17.2 Å². The molecule has 1 amide bonds. The number of anilines is 2. The van der Waals surface area contributed by atoms with E-state index in [-0.39, 0.29) is 5.91 Å². The fourth-order valence-corrected chi connectivity index (χ4v) is 2.79. The maximum atomic E-state index is 12.3. The highest BCUT2D eigenvalue weighted by molar-refractivity contribution is 6.32. The van der Waals surface area contributed by atoms with E-state index in [1.807, 2.05) is 35.2 Å². The number of halogens is 1. The first kappa shape index (κ1) is 14.9. The highest BCUT2D eigenvalue weighted by Gasteiger charge is 2.26. The van der Waals surface area contributed by atoms with Gasteiger partial charge in [-0.25, -0.2) is 4.98 Å². The normalized spacial score (nSPS) is 13.4. The third kappa shape index (κ3) is 2.92. The average Bonchev–Trinajstić information content (AvgIpc) is 2.83. The summed E-state index contributed by atoms with van der Waals surface area (Å²) < 4.78 is 0. The molecule has 0 saturated carbocycles. The molecule has 5 heteroatoms. The second-order valence-corrected chi connectivity index (χ2v) is 5.78. The lowest BCUT2D eigenvalue weighted by Crippen LogP contribution is -2.24. The van der Waals surface area contributed by atoms with Gasteiger partial charge in [-0.15, -0.1) is 0 Å². The third-order valence-electron chi connectivity index (χ3n) is 3.80. The molecular weight excluding hydrogens is 298 g/mol. The molecule has 0 unspecified atom stereocenters. The Morgan fingerprint density at radius 3 is 3.00 bits per heavy atom. The molecule has 1 aromatic carbocycles. The molecule has 22 heavy (non-hydrogen) atoms. The molecule has 2 aromatic rings. The van der Waals surface area contributed by atoms with Crippen molar-refractivity contribution in [2.24, 2.45) is 0 Å². The summed E-state index contributed by atoms with van der Waals surface area (Å²) in [6.07, 6.45) is 3.78. The molecule has 0 fully saturated rings. The Balaban J connectivity index is 1.79. The maximum absolute atomic E-state index is 12.3. The first-order valence-electron chi connectivity index (χ1n) is 7.49. The summed E-state index contributed by atoms with van der Waals surface area (Å²) in [4.78, 5) is 18.3. The van der Waals surface area contributed by atoms with E-state index in [9.17, 15) is 4.79 Å². The van der Waals surface area contributed by atoms with E-state index in [0.29, 0.717) is 11.7 Å². The van der Waals surface area contributed by atoms with Gasteiger partial charge in [0.1, 0.15) is 0 Å². The van der Waals surface area contributed by atoms with Crippen LogP contribution in [0.3, 0.4) is 0 Å². The number of aromatic nitrogens is 1. The van der Waals surface area contributed by atoms with Crippen LogP contribution in [-0.2, 0) is 6.54 Å². The van der Waals surface area contributed by atoms with Gasteiger partial charge in [0.2, 0.25) is 0 Å². The van der Waals surface area contributed by atoms with Gasteiger partial charge >= 0.3 is 0 Å². The van der Waals surface area contributed by atoms with Crippen LogP contribution >= 0.6 is 11.6 Å². The van der Waals surface area contributed by atoms with Crippen LogP contribution < -0.4 is 5.32 Å². The molecule has 0 spiro atoms. The maximum Gasteiger partial charge on any atom is 0.254 e. The zero-order chi connectivity index (χ0) is 15.5. The summed E-state index contributed by atoms with van der Waals surface area (Å²) in [5, 5.41) is 3.68. The van der Waals surface area contributed by atoms with E-state index in [4.69, 9.17) is 11.6 Å². The van der Waals surface area contributed by atoms with Gasteiger partial charge in [0.05, 0.1) is 5.69 Å². The molecule has 0 radical (unpaired) electrons. The Hall–Kier alpha value is -2.07. The minimum absolute atomic E-state index is 0.134. The lowest BCUT2D eigenvalue weighted by molar-refractivity contribution is 0.0776. The smallest absolute Gasteiger partial charge is 0.254 e. The fourth-order valence-electron chi connectivity index (χ4n) is 2.62. The third-order valence-corrected chi connectivity index (χ3v) is 4.10. The summed E-state index contributed by atoms with van der Waals surface area (Å²) in [6.45, 7) is 3.64. The van der Waals surface area contributed by atoms with Gasteiger partial charge in [0.25, 0.3) is 5.91 Å². The predicted octanol–water partition coefficient (Wildman–Crippen LogP) is 4.23. The zero-order valence-corrected chi connectivity index (χ0v) is 13.2. The standard InChI is InChI=1S/C17H18ClN3O/c1-2-3-9-21-11-12-10-13(6-7-14(12)17(21)22)20-15-5-4-8-19-16(15)18/h4-8,10,20H,2-3,9,11H2,1H3. The topological polar surface area (TPSA) is 45.2 Å². The SMILES string of the molecule is CCCCN1Cc2cc(Nc3cccnc3Cl)ccc2C1=O. The molecule has 0 atom stereocenters. The van der Waals surface area contributed by atoms with Gasteiger partial charge in [-0.05, 0) is 42.3 Å². The largest absolute Gasteiger partial charge is 0.353 e. The van der Waals surface area contributed by atoms with Crippen LogP contribution in [0.1, 0.15) is 35.7 Å². The molecule has 3 rings (SSSR count). The molecule has 1 aliphatic rings. The number of hydrogen-bond donors (Lipinski definition) is 1. The number of hydrogen-bond acceptors (Lipinski definition) is 3. The first-order valence-corrected chi connectivity index (χ1v) is 7.86. The summed E-state index contributed by atoms with van der Waals surface area (Å²) in [5.41, 5.74) is 3.54. The quantitative estimate of drug-likeness (QED) is 0.840. The number of carbonyl (C=O) groups excluding carboxylic acids is 1. The van der Waals surface area contributed by atoms with Crippen LogP contribution in [0.4, 0.5) is 11.4 Å². The highest BCUT2D eigenvalue weighted by atomic mass is 35.5. The summed E-state index contributed by atoms with van der Waals surface area (Å²) in [7, 11) is 0. The molecule has 2 heterocycles. The van der Waals surface area contributed by atoms with Crippen molar-refractivity contribution in [1.82, 2.24) is 9.88 Å². The van der Waals surface area contributed by atoms with E-state index in [0.717, 1.165) is 41.9 Å². The minimum atomic E-state index is 0.134. The molecule has 1 aromatic heterocycles. The number of benzene rings is 1. The lowest BCUT2D eigenvalue weighted by atomic mass is 10.1. The Kier molecular flexibility index (Phi) is 4.29. The van der Waals surface area contributed by atoms with Gasteiger partial charge in [-0.1, -0.05) is 24.9 Å². The van der Waals surface area contributed by atoms with Gasteiger partial charge in [-0.2, -0.15) is 0 Å². The van der Waals surface area contributed by atoms with Gasteiger partial charge in [0.15, 0.2) is 5.15 Å². The van der Waals surface area contributed by atoms with Crippen LogP contribution in [0, 0.1) is 0 Å². The Morgan fingerprint density at radius 2 is 2.23 bits per heavy atom. The zero-order valence-electron chi connectivity index (χ0n) is 12.5.